The lowest BCUT2D eigenvalue weighted by molar-refractivity contribution is 0.0733. The molecule has 3 atom stereocenters. The zero-order valence-corrected chi connectivity index (χ0v) is 12.0. The van der Waals surface area contributed by atoms with Gasteiger partial charge in [-0.3, -0.25) is 4.79 Å². The molecule has 3 rings (SSSR count). The third kappa shape index (κ3) is 1.79. The fraction of sp³-hybridized carbons (Fsp3) is 0.643. The van der Waals surface area contributed by atoms with Gasteiger partial charge < -0.3 is 10.2 Å². The molecule has 98 valence electrons. The van der Waals surface area contributed by atoms with Crippen LogP contribution in [0.3, 0.4) is 0 Å². The Hall–Kier alpha value is -0.870. The van der Waals surface area contributed by atoms with Gasteiger partial charge in [-0.2, -0.15) is 0 Å². The minimum atomic E-state index is 0.234. The normalized spacial score (nSPS) is 30.8. The van der Waals surface area contributed by atoms with Crippen LogP contribution in [0.5, 0.6) is 0 Å². The number of fused-ring (bicyclic) bond motifs is 1. The summed E-state index contributed by atoms with van der Waals surface area (Å²) in [5.74, 6) is 1.54. The maximum Gasteiger partial charge on any atom is 0.264 e. The molecule has 4 heteroatoms. The van der Waals surface area contributed by atoms with Gasteiger partial charge in [0.1, 0.15) is 0 Å². The van der Waals surface area contributed by atoms with E-state index in [0.29, 0.717) is 17.9 Å². The summed E-state index contributed by atoms with van der Waals surface area (Å²) in [6.45, 7) is 9.42. The Balaban J connectivity index is 1.81. The van der Waals surface area contributed by atoms with E-state index >= 15 is 0 Å². The molecule has 0 bridgehead atoms. The molecule has 0 saturated carbocycles. The van der Waals surface area contributed by atoms with Gasteiger partial charge in [0, 0.05) is 30.6 Å². The van der Waals surface area contributed by atoms with E-state index in [1.54, 1.807) is 11.3 Å². The molecule has 3 heterocycles. The zero-order chi connectivity index (χ0) is 12.9. The van der Waals surface area contributed by atoms with Gasteiger partial charge in [0.2, 0.25) is 0 Å². The van der Waals surface area contributed by atoms with Gasteiger partial charge in [0.25, 0.3) is 5.91 Å². The standard InChI is InChI=1S/C14H20N2OS/c1-8-4-13(18-10(8)3)14(17)16-7-11-5-15-6-12(11)9(16)2/h4,9,11-12,15H,5-7H2,1-3H3. The maximum absolute atomic E-state index is 12.6. The van der Waals surface area contributed by atoms with E-state index in [0.717, 1.165) is 24.5 Å². The molecule has 1 amide bonds. The van der Waals surface area contributed by atoms with Crippen LogP contribution in [0.4, 0.5) is 0 Å². The second kappa shape index (κ2) is 4.35. The van der Waals surface area contributed by atoms with Gasteiger partial charge in [-0.05, 0) is 44.2 Å². The van der Waals surface area contributed by atoms with Crippen molar-refractivity contribution in [3.05, 3.63) is 21.4 Å². The van der Waals surface area contributed by atoms with Crippen molar-refractivity contribution in [3.63, 3.8) is 0 Å². The highest BCUT2D eigenvalue weighted by Gasteiger charge is 2.44. The summed E-state index contributed by atoms with van der Waals surface area (Å²) in [7, 11) is 0. The van der Waals surface area contributed by atoms with Crippen LogP contribution in [0, 0.1) is 25.7 Å². The van der Waals surface area contributed by atoms with Gasteiger partial charge in [-0.15, -0.1) is 11.3 Å². The first kappa shape index (κ1) is 12.2. The highest BCUT2D eigenvalue weighted by atomic mass is 32.1. The van der Waals surface area contributed by atoms with E-state index in [4.69, 9.17) is 0 Å². The molecule has 2 aliphatic heterocycles. The number of likely N-dealkylation sites (tertiary alicyclic amines) is 1. The summed E-state index contributed by atoms with van der Waals surface area (Å²) in [6.07, 6.45) is 0. The predicted octanol–water partition coefficient (Wildman–Crippen LogP) is 2.04. The van der Waals surface area contributed by atoms with Gasteiger partial charge in [-0.25, -0.2) is 0 Å². The van der Waals surface area contributed by atoms with Crippen LogP contribution in [0.15, 0.2) is 6.07 Å². The molecule has 3 nitrogen and oxygen atoms in total. The number of hydrogen-bond donors (Lipinski definition) is 1. The van der Waals surface area contributed by atoms with Crippen molar-refractivity contribution in [3.8, 4) is 0 Å². The lowest BCUT2D eigenvalue weighted by atomic mass is 9.95. The summed E-state index contributed by atoms with van der Waals surface area (Å²) < 4.78 is 0. The number of nitrogens with zero attached hydrogens (tertiary/aromatic N) is 1. The third-order valence-electron chi connectivity index (χ3n) is 4.57. The lowest BCUT2D eigenvalue weighted by Crippen LogP contribution is -2.37. The minimum Gasteiger partial charge on any atom is -0.335 e. The highest BCUT2D eigenvalue weighted by molar-refractivity contribution is 7.14. The molecular weight excluding hydrogens is 244 g/mol. The Bertz CT molecular complexity index is 463. The van der Waals surface area contributed by atoms with E-state index in [1.807, 2.05) is 6.07 Å². The topological polar surface area (TPSA) is 32.3 Å². The van der Waals surface area contributed by atoms with E-state index in [9.17, 15) is 4.79 Å². The molecule has 2 fully saturated rings. The minimum absolute atomic E-state index is 0.234. The van der Waals surface area contributed by atoms with Crippen molar-refractivity contribution in [2.24, 2.45) is 11.8 Å². The highest BCUT2D eigenvalue weighted by Crippen LogP contribution is 2.34. The van der Waals surface area contributed by atoms with Crippen molar-refractivity contribution in [1.29, 1.82) is 0 Å². The average Bonchev–Trinajstić information content (AvgIpc) is 2.98. The van der Waals surface area contributed by atoms with Gasteiger partial charge in [-0.1, -0.05) is 0 Å². The molecule has 0 radical (unpaired) electrons. The first-order valence-electron chi connectivity index (χ1n) is 6.66. The number of carbonyl (C=O) groups excluding carboxylic acids is 1. The molecular formula is C14H20N2OS. The molecule has 1 aromatic rings. The van der Waals surface area contributed by atoms with E-state index < -0.39 is 0 Å². The van der Waals surface area contributed by atoms with Crippen molar-refractivity contribution >= 4 is 17.2 Å². The smallest absolute Gasteiger partial charge is 0.264 e. The van der Waals surface area contributed by atoms with E-state index in [-0.39, 0.29) is 5.91 Å². The fourth-order valence-corrected chi connectivity index (χ4v) is 4.25. The molecule has 3 unspecified atom stereocenters. The summed E-state index contributed by atoms with van der Waals surface area (Å²) in [5, 5.41) is 3.43. The number of aryl methyl sites for hydroxylation is 2. The average molecular weight is 264 g/mol. The number of rotatable bonds is 1. The first-order chi connectivity index (χ1) is 8.58. The molecule has 0 aliphatic carbocycles. The Morgan fingerprint density at radius 3 is 2.83 bits per heavy atom. The third-order valence-corrected chi connectivity index (χ3v) is 5.71. The van der Waals surface area contributed by atoms with Crippen LogP contribution in [-0.4, -0.2) is 36.5 Å². The van der Waals surface area contributed by atoms with Crippen molar-refractivity contribution in [2.45, 2.75) is 26.8 Å². The van der Waals surface area contributed by atoms with Crippen molar-refractivity contribution in [2.75, 3.05) is 19.6 Å². The first-order valence-corrected chi connectivity index (χ1v) is 7.48. The van der Waals surface area contributed by atoms with Crippen LogP contribution in [0.2, 0.25) is 0 Å². The monoisotopic (exact) mass is 264 g/mol. The summed E-state index contributed by atoms with van der Waals surface area (Å²) in [6, 6.07) is 2.42. The number of thiophene rings is 1. The molecule has 0 spiro atoms. The second-order valence-electron chi connectivity index (χ2n) is 5.63. The molecule has 2 saturated heterocycles. The largest absolute Gasteiger partial charge is 0.335 e. The molecule has 2 aliphatic rings. The van der Waals surface area contributed by atoms with Crippen LogP contribution < -0.4 is 5.32 Å². The van der Waals surface area contributed by atoms with Crippen LogP contribution >= 0.6 is 11.3 Å². The number of carbonyl (C=O) groups is 1. The molecule has 1 aromatic heterocycles. The van der Waals surface area contributed by atoms with Crippen molar-refractivity contribution in [1.82, 2.24) is 10.2 Å². The molecule has 0 aromatic carbocycles. The second-order valence-corrected chi connectivity index (χ2v) is 6.89. The number of hydrogen-bond acceptors (Lipinski definition) is 3. The van der Waals surface area contributed by atoms with Crippen molar-refractivity contribution < 1.29 is 4.79 Å². The predicted molar refractivity (Wildman–Crippen MR) is 74.1 cm³/mol. The zero-order valence-electron chi connectivity index (χ0n) is 11.2. The Morgan fingerprint density at radius 1 is 1.44 bits per heavy atom. The Morgan fingerprint density at radius 2 is 2.22 bits per heavy atom. The SMILES string of the molecule is Cc1cc(C(=O)N2CC3CNCC3C2C)sc1C. The van der Waals surface area contributed by atoms with Crippen LogP contribution in [0.25, 0.3) is 0 Å². The van der Waals surface area contributed by atoms with Gasteiger partial charge in [0.05, 0.1) is 4.88 Å². The fourth-order valence-electron chi connectivity index (χ4n) is 3.26. The number of nitrogens with one attached hydrogen (secondary N) is 1. The quantitative estimate of drug-likeness (QED) is 0.842. The summed E-state index contributed by atoms with van der Waals surface area (Å²) in [4.78, 5) is 16.8. The Labute approximate surface area is 112 Å². The van der Waals surface area contributed by atoms with Gasteiger partial charge >= 0.3 is 0 Å². The maximum atomic E-state index is 12.6. The Kier molecular flexibility index (Phi) is 2.94. The van der Waals surface area contributed by atoms with E-state index in [1.165, 1.54) is 10.4 Å². The van der Waals surface area contributed by atoms with Crippen LogP contribution in [-0.2, 0) is 0 Å². The van der Waals surface area contributed by atoms with E-state index in [2.05, 4.69) is 31.0 Å². The van der Waals surface area contributed by atoms with Crippen LogP contribution in [0.1, 0.15) is 27.0 Å². The molecule has 18 heavy (non-hydrogen) atoms. The summed E-state index contributed by atoms with van der Waals surface area (Å²) >= 11 is 1.63. The number of amides is 1. The lowest BCUT2D eigenvalue weighted by Gasteiger charge is -2.23. The molecule has 1 N–H and O–H groups in total. The summed E-state index contributed by atoms with van der Waals surface area (Å²) in [5.41, 5.74) is 1.23. The van der Waals surface area contributed by atoms with Gasteiger partial charge in [0.15, 0.2) is 0 Å².